The van der Waals surface area contributed by atoms with Crippen LogP contribution >= 0.6 is 0 Å². The number of rotatable bonds is 64. The van der Waals surface area contributed by atoms with Gasteiger partial charge in [-0.2, -0.15) is 0 Å². The predicted molar refractivity (Wildman–Crippen MR) is 357 cm³/mol. The molecule has 0 saturated carbocycles. The van der Waals surface area contributed by atoms with Gasteiger partial charge < -0.3 is 14.2 Å². The van der Waals surface area contributed by atoms with Crippen molar-refractivity contribution in [2.75, 3.05) is 13.2 Å². The molecule has 1 unspecified atom stereocenters. The highest BCUT2D eigenvalue weighted by Gasteiger charge is 2.19. The van der Waals surface area contributed by atoms with E-state index in [2.05, 4.69) is 112 Å². The Balaban J connectivity index is 4.20. The minimum atomic E-state index is -0.815. The van der Waals surface area contributed by atoms with Crippen LogP contribution in [0.4, 0.5) is 0 Å². The zero-order chi connectivity index (χ0) is 59.2. The van der Waals surface area contributed by atoms with Gasteiger partial charge in [0.1, 0.15) is 13.2 Å². The van der Waals surface area contributed by atoms with Gasteiger partial charge in [-0.25, -0.2) is 0 Å². The molecule has 0 rings (SSSR count). The van der Waals surface area contributed by atoms with Crippen LogP contribution in [0.5, 0.6) is 0 Å². The molecule has 0 aromatic carbocycles. The Bertz CT molecular complexity index is 1590. The molecule has 0 bridgehead atoms. The highest BCUT2D eigenvalue weighted by molar-refractivity contribution is 5.71. The van der Waals surface area contributed by atoms with E-state index in [0.717, 1.165) is 103 Å². The third kappa shape index (κ3) is 67.1. The number of hydrogen-bond acceptors (Lipinski definition) is 6. The summed E-state index contributed by atoms with van der Waals surface area (Å²) in [6, 6.07) is 0. The van der Waals surface area contributed by atoms with E-state index in [9.17, 15) is 14.4 Å². The van der Waals surface area contributed by atoms with Gasteiger partial charge in [-0.15, -0.1) is 0 Å². The Kier molecular flexibility index (Phi) is 66.7. The third-order valence-corrected chi connectivity index (χ3v) is 15.3. The summed E-state index contributed by atoms with van der Waals surface area (Å²) in [6.45, 7) is 6.38. The van der Waals surface area contributed by atoms with Gasteiger partial charge in [-0.3, -0.25) is 14.4 Å². The first-order valence-corrected chi connectivity index (χ1v) is 35.2. The van der Waals surface area contributed by atoms with E-state index in [0.29, 0.717) is 19.3 Å². The van der Waals surface area contributed by atoms with Crippen LogP contribution in [0, 0.1) is 0 Å². The Morgan fingerprint density at radius 3 is 0.817 bits per heavy atom. The highest BCUT2D eigenvalue weighted by Crippen LogP contribution is 2.18. The monoisotopic (exact) mass is 1140 g/mol. The lowest BCUT2D eigenvalue weighted by atomic mass is 10.0. The van der Waals surface area contributed by atoms with Gasteiger partial charge in [-0.1, -0.05) is 343 Å². The molecule has 472 valence electrons. The molecule has 82 heavy (non-hydrogen) atoms. The lowest BCUT2D eigenvalue weighted by molar-refractivity contribution is -0.166. The zero-order valence-corrected chi connectivity index (χ0v) is 54.2. The molecule has 0 amide bonds. The molecule has 6 nitrogen and oxygen atoms in total. The molecule has 0 radical (unpaired) electrons. The van der Waals surface area contributed by atoms with Crippen LogP contribution in [-0.2, 0) is 28.6 Å². The molecule has 0 aliphatic rings. The molecule has 1 atom stereocenters. The first-order valence-electron chi connectivity index (χ1n) is 35.2. The lowest BCUT2D eigenvalue weighted by Crippen LogP contribution is -2.30. The van der Waals surface area contributed by atoms with E-state index < -0.39 is 6.10 Å². The molecule has 0 aliphatic heterocycles. The van der Waals surface area contributed by atoms with Gasteiger partial charge in [0.05, 0.1) is 0 Å². The van der Waals surface area contributed by atoms with Gasteiger partial charge in [0.25, 0.3) is 0 Å². The van der Waals surface area contributed by atoms with Crippen LogP contribution in [-0.4, -0.2) is 37.2 Å². The Morgan fingerprint density at radius 1 is 0.256 bits per heavy atom. The number of hydrogen-bond donors (Lipinski definition) is 0. The molecule has 0 heterocycles. The molecule has 0 fully saturated rings. The fourth-order valence-electron chi connectivity index (χ4n) is 10.2. The average molecular weight is 1140 g/mol. The Labute approximate surface area is 508 Å². The van der Waals surface area contributed by atoms with Gasteiger partial charge in [0.15, 0.2) is 6.10 Å². The maximum atomic E-state index is 12.9. The number of allylic oxidation sites excluding steroid dienone is 16. The van der Waals surface area contributed by atoms with Gasteiger partial charge in [0.2, 0.25) is 0 Å². The summed E-state index contributed by atoms with van der Waals surface area (Å²) < 4.78 is 16.9. The average Bonchev–Trinajstić information content (AvgIpc) is 3.47. The third-order valence-electron chi connectivity index (χ3n) is 15.3. The van der Waals surface area contributed by atoms with Gasteiger partial charge >= 0.3 is 17.9 Å². The summed E-state index contributed by atoms with van der Waals surface area (Å²) >= 11 is 0. The zero-order valence-electron chi connectivity index (χ0n) is 54.2. The van der Waals surface area contributed by atoms with E-state index in [1.54, 1.807) is 0 Å². The largest absolute Gasteiger partial charge is 0.462 e. The maximum Gasteiger partial charge on any atom is 0.306 e. The Hall–Kier alpha value is -3.67. The van der Waals surface area contributed by atoms with Gasteiger partial charge in [-0.05, 0) is 83.5 Å². The van der Waals surface area contributed by atoms with Gasteiger partial charge in [0, 0.05) is 19.3 Å². The second kappa shape index (κ2) is 69.8. The topological polar surface area (TPSA) is 78.9 Å². The van der Waals surface area contributed by atoms with Crippen LogP contribution in [0.15, 0.2) is 97.2 Å². The van der Waals surface area contributed by atoms with Crippen molar-refractivity contribution in [2.24, 2.45) is 0 Å². The molecule has 0 aromatic rings. The number of carbonyl (C=O) groups is 3. The lowest BCUT2D eigenvalue weighted by Gasteiger charge is -2.18. The summed E-state index contributed by atoms with van der Waals surface area (Å²) in [5.41, 5.74) is 0. The first-order chi connectivity index (χ1) is 40.5. The fraction of sp³-hybridized carbons (Fsp3) is 0.750. The van der Waals surface area contributed by atoms with E-state index in [-0.39, 0.29) is 37.5 Å². The van der Waals surface area contributed by atoms with Crippen molar-refractivity contribution < 1.29 is 28.6 Å². The molecule has 0 spiro atoms. The Morgan fingerprint density at radius 2 is 0.500 bits per heavy atom. The standard InChI is InChI=1S/C76H132O6/c1-4-7-10-13-16-19-22-25-27-29-31-32-33-34-35-36-37-38-39-40-41-42-43-45-46-48-51-54-57-60-63-66-69-75(78)81-72-73(71-80-74(77)68-65-62-59-56-53-50-24-21-18-15-12-9-6-3)82-76(79)70-67-64-61-58-55-52-49-47-44-30-28-26-23-20-17-14-11-8-5-2/h8-9,11-12,17-18,20-21,26,28,44,47,50,53,59,62,73H,4-7,10,13-16,19,22-25,27,29-43,45-46,48-49,51-52,54-58,60-61,63-72H2,1-3H3/b11-8-,12-9-,20-17-,21-18-,28-26-,47-44-,53-50-,62-59-. The van der Waals surface area contributed by atoms with E-state index in [1.807, 2.05) is 6.08 Å². The molecule has 0 aliphatic carbocycles. The minimum absolute atomic E-state index is 0.104. The predicted octanol–water partition coefficient (Wildman–Crippen LogP) is 24.4. The van der Waals surface area contributed by atoms with Crippen LogP contribution in [0.25, 0.3) is 0 Å². The second-order valence-corrected chi connectivity index (χ2v) is 23.4. The van der Waals surface area contributed by atoms with Crippen LogP contribution in [0.2, 0.25) is 0 Å². The van der Waals surface area contributed by atoms with Crippen molar-refractivity contribution in [1.29, 1.82) is 0 Å². The first kappa shape index (κ1) is 78.3. The van der Waals surface area contributed by atoms with E-state index in [1.165, 1.54) is 199 Å². The molecule has 6 heteroatoms. The summed E-state index contributed by atoms with van der Waals surface area (Å²) in [5, 5.41) is 0. The quantitative estimate of drug-likeness (QED) is 0.0261. The van der Waals surface area contributed by atoms with Crippen molar-refractivity contribution in [3.8, 4) is 0 Å². The number of unbranched alkanes of at least 4 members (excludes halogenated alkanes) is 37. The molecule has 0 saturated heterocycles. The normalized spacial score (nSPS) is 12.7. The molecular formula is C76H132O6. The molecule has 0 N–H and O–H groups in total. The van der Waals surface area contributed by atoms with E-state index in [4.69, 9.17) is 14.2 Å². The molecular weight excluding hydrogens is 1010 g/mol. The maximum absolute atomic E-state index is 12.9. The number of ether oxygens (including phenoxy) is 3. The van der Waals surface area contributed by atoms with E-state index >= 15 is 0 Å². The van der Waals surface area contributed by atoms with Crippen LogP contribution in [0.1, 0.15) is 348 Å². The summed E-state index contributed by atoms with van der Waals surface area (Å²) in [6.07, 6.45) is 94.8. The smallest absolute Gasteiger partial charge is 0.306 e. The molecule has 0 aromatic heterocycles. The number of carbonyl (C=O) groups excluding carboxylic acids is 3. The van der Waals surface area contributed by atoms with Crippen molar-refractivity contribution in [2.45, 2.75) is 354 Å². The summed E-state index contributed by atoms with van der Waals surface area (Å²) in [5.74, 6) is -0.991. The van der Waals surface area contributed by atoms with Crippen molar-refractivity contribution >= 4 is 17.9 Å². The summed E-state index contributed by atoms with van der Waals surface area (Å²) in [7, 11) is 0. The second-order valence-electron chi connectivity index (χ2n) is 23.4. The number of esters is 3. The fourth-order valence-corrected chi connectivity index (χ4v) is 10.2. The van der Waals surface area contributed by atoms with Crippen molar-refractivity contribution in [3.05, 3.63) is 97.2 Å². The van der Waals surface area contributed by atoms with Crippen LogP contribution < -0.4 is 0 Å². The van der Waals surface area contributed by atoms with Crippen molar-refractivity contribution in [1.82, 2.24) is 0 Å². The van der Waals surface area contributed by atoms with Crippen LogP contribution in [0.3, 0.4) is 0 Å². The summed E-state index contributed by atoms with van der Waals surface area (Å²) in [4.78, 5) is 38.3. The SMILES string of the molecule is CC/C=C\C/C=C\C/C=C\C/C=C\CCCCCCCCC(=O)OC(COC(=O)CC/C=C\C/C=C\C/C=C\C/C=C\CC)COC(=O)CCCCCCCCCCCCCCCCCCCCCCCCCCCCCCCCCC. The van der Waals surface area contributed by atoms with Crippen molar-refractivity contribution in [3.63, 3.8) is 0 Å². The minimum Gasteiger partial charge on any atom is -0.462 e. The highest BCUT2D eigenvalue weighted by atomic mass is 16.6.